The number of rotatable bonds is 6. The molecule has 0 unspecified atom stereocenters. The van der Waals surface area contributed by atoms with E-state index >= 15 is 0 Å². The number of nitrogens with zero attached hydrogens (tertiary/aromatic N) is 1. The van der Waals surface area contributed by atoms with Crippen molar-refractivity contribution in [2.45, 2.75) is 19.5 Å². The lowest BCUT2D eigenvalue weighted by Crippen LogP contribution is -2.39. The Morgan fingerprint density at radius 2 is 2.04 bits per heavy atom. The Hall–Kier alpha value is -2.25. The zero-order valence-electron chi connectivity index (χ0n) is 14.9. The van der Waals surface area contributed by atoms with E-state index < -0.39 is 0 Å². The fraction of sp³-hybridized carbons (Fsp3) is 0.316. The van der Waals surface area contributed by atoms with Gasteiger partial charge in [-0.1, -0.05) is 15.9 Å². The van der Waals surface area contributed by atoms with Gasteiger partial charge in [0.15, 0.2) is 11.5 Å². The van der Waals surface area contributed by atoms with Crippen molar-refractivity contribution in [3.63, 3.8) is 0 Å². The fourth-order valence-corrected chi connectivity index (χ4v) is 3.11. The van der Waals surface area contributed by atoms with E-state index in [1.165, 1.54) is 0 Å². The molecule has 2 aromatic carbocycles. The van der Waals surface area contributed by atoms with E-state index in [4.69, 9.17) is 14.2 Å². The first-order chi connectivity index (χ1) is 12.5. The van der Waals surface area contributed by atoms with Crippen molar-refractivity contribution in [2.24, 2.45) is 0 Å². The van der Waals surface area contributed by atoms with Crippen molar-refractivity contribution in [2.75, 3.05) is 26.3 Å². The Labute approximate surface area is 161 Å². The molecule has 1 N–H and O–H groups in total. The number of hydrogen-bond donors (Lipinski definition) is 1. The number of amides is 1. The maximum atomic E-state index is 12.6. The van der Waals surface area contributed by atoms with E-state index in [9.17, 15) is 4.79 Å². The molecule has 1 aliphatic rings. The maximum absolute atomic E-state index is 12.6. The molecule has 0 aliphatic carbocycles. The number of fused-ring (bicyclic) bond motifs is 1. The van der Waals surface area contributed by atoms with Crippen molar-refractivity contribution in [3.05, 3.63) is 46.4 Å². The van der Waals surface area contributed by atoms with Crippen molar-refractivity contribution in [3.8, 4) is 17.2 Å². The molecule has 0 spiro atoms. The van der Waals surface area contributed by atoms with E-state index in [1.807, 2.05) is 37.1 Å². The van der Waals surface area contributed by atoms with Crippen LogP contribution in [0.25, 0.3) is 0 Å². The first kappa shape index (κ1) is 18.5. The van der Waals surface area contributed by atoms with Crippen molar-refractivity contribution >= 4 is 27.5 Å². The van der Waals surface area contributed by atoms with Crippen molar-refractivity contribution in [1.82, 2.24) is 4.90 Å². The Morgan fingerprint density at radius 1 is 1.27 bits per heavy atom. The highest BCUT2D eigenvalue weighted by Gasteiger charge is 2.21. The van der Waals surface area contributed by atoms with Gasteiger partial charge in [0.2, 0.25) is 12.7 Å². The van der Waals surface area contributed by atoms with Crippen LogP contribution in [0.5, 0.6) is 17.2 Å². The van der Waals surface area contributed by atoms with Crippen LogP contribution in [0, 0.1) is 0 Å². The van der Waals surface area contributed by atoms with Crippen LogP contribution in [-0.2, 0) is 11.3 Å². The van der Waals surface area contributed by atoms with Crippen LogP contribution in [0.3, 0.4) is 0 Å². The lowest BCUT2D eigenvalue weighted by Gasteiger charge is -2.25. The highest BCUT2D eigenvalue weighted by atomic mass is 79.9. The first-order valence-electron chi connectivity index (χ1n) is 8.21. The zero-order valence-corrected chi connectivity index (χ0v) is 16.5. The van der Waals surface area contributed by atoms with Gasteiger partial charge in [0.05, 0.1) is 13.2 Å². The van der Waals surface area contributed by atoms with Gasteiger partial charge in [-0.2, -0.15) is 0 Å². The Bertz CT molecular complexity index is 812. The maximum Gasteiger partial charge on any atom is 0.241 e. The molecule has 0 aromatic heterocycles. The van der Waals surface area contributed by atoms with Crippen molar-refractivity contribution < 1.29 is 19.0 Å². The molecule has 0 radical (unpaired) electrons. The van der Waals surface area contributed by atoms with E-state index in [0.29, 0.717) is 23.7 Å². The Morgan fingerprint density at radius 3 is 2.81 bits per heavy atom. The quantitative estimate of drug-likeness (QED) is 0.772. The van der Waals surface area contributed by atoms with E-state index in [2.05, 4.69) is 21.2 Å². The molecule has 138 valence electrons. The monoisotopic (exact) mass is 420 g/mol. The molecule has 7 heteroatoms. The average molecular weight is 421 g/mol. The van der Waals surface area contributed by atoms with Crippen LogP contribution in [0.1, 0.15) is 12.5 Å². The largest absolute Gasteiger partial charge is 0.496 e. The van der Waals surface area contributed by atoms with Crippen LogP contribution in [0.2, 0.25) is 0 Å². The van der Waals surface area contributed by atoms with Crippen LogP contribution < -0.4 is 19.5 Å². The molecular weight excluding hydrogens is 400 g/mol. The number of benzene rings is 2. The summed E-state index contributed by atoms with van der Waals surface area (Å²) >= 11 is 3.47. The summed E-state index contributed by atoms with van der Waals surface area (Å²) in [6.45, 7) is 2.66. The first-order valence-corrected chi connectivity index (χ1v) is 9.00. The summed E-state index contributed by atoms with van der Waals surface area (Å²) in [6, 6.07) is 10.9. The third-order valence-corrected chi connectivity index (χ3v) is 4.84. The van der Waals surface area contributed by atoms with Gasteiger partial charge in [-0.25, -0.2) is 0 Å². The van der Waals surface area contributed by atoms with Gasteiger partial charge in [0, 0.05) is 28.3 Å². The molecule has 26 heavy (non-hydrogen) atoms. The fourth-order valence-electron chi connectivity index (χ4n) is 2.70. The van der Waals surface area contributed by atoms with Crippen LogP contribution >= 0.6 is 15.9 Å². The highest BCUT2D eigenvalue weighted by Crippen LogP contribution is 2.34. The predicted molar refractivity (Wildman–Crippen MR) is 103 cm³/mol. The number of anilines is 1. The number of likely N-dealkylation sites (N-methyl/N-ethyl adjacent to an activating group) is 1. The number of halogens is 1. The number of carbonyl (C=O) groups is 1. The molecule has 0 saturated heterocycles. The molecule has 2 aromatic rings. The molecule has 3 rings (SSSR count). The smallest absolute Gasteiger partial charge is 0.241 e. The number of hydrogen-bond acceptors (Lipinski definition) is 5. The minimum atomic E-state index is -0.330. The minimum absolute atomic E-state index is 0.0969. The topological polar surface area (TPSA) is 60.0 Å². The molecule has 1 aliphatic heterocycles. The summed E-state index contributed by atoms with van der Waals surface area (Å²) in [5, 5.41) is 2.92. The molecule has 0 bridgehead atoms. The third-order valence-electron chi connectivity index (χ3n) is 4.34. The third kappa shape index (κ3) is 4.11. The van der Waals surface area contributed by atoms with Gasteiger partial charge >= 0.3 is 0 Å². The minimum Gasteiger partial charge on any atom is -0.496 e. The Kier molecular flexibility index (Phi) is 5.68. The summed E-state index contributed by atoms with van der Waals surface area (Å²) in [7, 11) is 3.55. The average Bonchev–Trinajstić information content (AvgIpc) is 3.09. The van der Waals surface area contributed by atoms with Crippen LogP contribution in [0.4, 0.5) is 5.69 Å². The second kappa shape index (κ2) is 7.97. The van der Waals surface area contributed by atoms with E-state index in [0.717, 1.165) is 15.8 Å². The van der Waals surface area contributed by atoms with Gasteiger partial charge in [-0.05, 0) is 44.3 Å². The summed E-state index contributed by atoms with van der Waals surface area (Å²) in [5.41, 5.74) is 1.69. The number of methoxy groups -OCH3 is 1. The van der Waals surface area contributed by atoms with Crippen LogP contribution in [0.15, 0.2) is 40.9 Å². The number of ether oxygens (including phenoxy) is 3. The molecule has 0 saturated carbocycles. The molecule has 1 amide bonds. The molecule has 1 heterocycles. The van der Waals surface area contributed by atoms with Gasteiger partial charge in [0.1, 0.15) is 5.75 Å². The second-order valence-corrected chi connectivity index (χ2v) is 7.02. The normalized spacial score (nSPS) is 13.6. The van der Waals surface area contributed by atoms with Gasteiger partial charge in [-0.15, -0.1) is 0 Å². The van der Waals surface area contributed by atoms with E-state index in [-0.39, 0.29) is 18.7 Å². The Balaban J connectivity index is 1.65. The predicted octanol–water partition coefficient (Wildman–Crippen LogP) is 3.65. The number of nitrogens with one attached hydrogen (secondary N) is 1. The van der Waals surface area contributed by atoms with Gasteiger partial charge < -0.3 is 19.5 Å². The summed E-state index contributed by atoms with van der Waals surface area (Å²) in [4.78, 5) is 14.6. The standard InChI is InChI=1S/C19H21BrN2O4/c1-12(22(2)10-13-8-14(20)4-6-16(13)24-3)19(23)21-15-5-7-17-18(9-15)26-11-25-17/h4-9,12H,10-11H2,1-3H3,(H,21,23)/t12-/m0/s1. The number of carbonyl (C=O) groups excluding carboxylic acids is 1. The SMILES string of the molecule is COc1ccc(Br)cc1CN(C)[C@@H](C)C(=O)Nc1ccc2c(c1)OCO2. The van der Waals surface area contributed by atoms with Gasteiger partial charge in [0.25, 0.3) is 0 Å². The molecular formula is C19H21BrN2O4. The lowest BCUT2D eigenvalue weighted by molar-refractivity contribution is -0.120. The van der Waals surface area contributed by atoms with Crippen LogP contribution in [-0.4, -0.2) is 37.8 Å². The summed E-state index contributed by atoms with van der Waals surface area (Å²) < 4.78 is 17.0. The van der Waals surface area contributed by atoms with Crippen molar-refractivity contribution in [1.29, 1.82) is 0 Å². The summed E-state index contributed by atoms with van der Waals surface area (Å²) in [6.07, 6.45) is 0. The van der Waals surface area contributed by atoms with Gasteiger partial charge in [-0.3, -0.25) is 9.69 Å². The zero-order chi connectivity index (χ0) is 18.7. The van der Waals surface area contributed by atoms with E-state index in [1.54, 1.807) is 25.3 Å². The highest BCUT2D eigenvalue weighted by molar-refractivity contribution is 9.10. The molecule has 1 atom stereocenters. The lowest BCUT2D eigenvalue weighted by atomic mass is 10.1. The summed E-state index contributed by atoms with van der Waals surface area (Å²) in [5.74, 6) is 2.03. The molecule has 6 nitrogen and oxygen atoms in total. The molecule has 0 fully saturated rings. The second-order valence-electron chi connectivity index (χ2n) is 6.10.